The third-order valence-corrected chi connectivity index (χ3v) is 4.00. The first-order valence-corrected chi connectivity index (χ1v) is 8.41. The predicted molar refractivity (Wildman–Crippen MR) is 80.1 cm³/mol. The van der Waals surface area contributed by atoms with Gasteiger partial charge in [-0.25, -0.2) is 4.79 Å². The summed E-state index contributed by atoms with van der Waals surface area (Å²) in [5.74, 6) is -3.12. The quantitative estimate of drug-likeness (QED) is 0.582. The van der Waals surface area contributed by atoms with Crippen LogP contribution in [0.5, 0.6) is 0 Å². The molecule has 0 bridgehead atoms. The van der Waals surface area contributed by atoms with Crippen LogP contribution in [0.4, 0.5) is 18.9 Å². The first kappa shape index (κ1) is 19.7. The molecule has 1 unspecified atom stereocenters. The van der Waals surface area contributed by atoms with Gasteiger partial charge < -0.3 is 9.64 Å². The van der Waals surface area contributed by atoms with Crippen LogP contribution in [0.15, 0.2) is 22.7 Å². The molecule has 0 heterocycles. The first-order valence-electron chi connectivity index (χ1n) is 6.01. The Kier molecular flexibility index (Phi) is 6.05. The van der Waals surface area contributed by atoms with Gasteiger partial charge in [0.25, 0.3) is 10.1 Å². The summed E-state index contributed by atoms with van der Waals surface area (Å²) in [7, 11) is -1.52. The zero-order chi connectivity index (χ0) is 18.0. The second-order valence-corrected chi connectivity index (χ2v) is 7.10. The van der Waals surface area contributed by atoms with E-state index in [1.54, 1.807) is 19.0 Å². The number of esters is 1. The summed E-state index contributed by atoms with van der Waals surface area (Å²) in [4.78, 5) is 13.5. The minimum Gasteiger partial charge on any atom is -0.448 e. The fourth-order valence-corrected chi connectivity index (χ4v) is 2.95. The maximum Gasteiger partial charge on any atom is 0.426 e. The van der Waals surface area contributed by atoms with Gasteiger partial charge in [-0.1, -0.05) is 0 Å². The van der Waals surface area contributed by atoms with Gasteiger partial charge in [0.2, 0.25) is 6.10 Å². The molecule has 130 valence electrons. The summed E-state index contributed by atoms with van der Waals surface area (Å²) < 4.78 is 72.6. The van der Waals surface area contributed by atoms with Crippen molar-refractivity contribution in [1.82, 2.24) is 0 Å². The molecule has 0 saturated heterocycles. The van der Waals surface area contributed by atoms with E-state index in [0.717, 1.165) is 0 Å². The van der Waals surface area contributed by atoms with Gasteiger partial charge in [-0.15, -0.1) is 0 Å². The zero-order valence-electron chi connectivity index (χ0n) is 12.0. The van der Waals surface area contributed by atoms with Gasteiger partial charge in [-0.3, -0.25) is 4.55 Å². The number of rotatable bonds is 5. The molecule has 1 aromatic rings. The lowest BCUT2D eigenvalue weighted by molar-refractivity contribution is -0.197. The fraction of sp³-hybridized carbons (Fsp3) is 0.417. The molecular weight excluding hydrogens is 407 g/mol. The number of hydrogen-bond donors (Lipinski definition) is 1. The van der Waals surface area contributed by atoms with Crippen LogP contribution in [0.25, 0.3) is 0 Å². The Bertz CT molecular complexity index is 690. The third-order valence-electron chi connectivity index (χ3n) is 2.64. The number of nitrogens with zero attached hydrogens (tertiary/aromatic N) is 1. The van der Waals surface area contributed by atoms with Crippen LogP contribution >= 0.6 is 15.9 Å². The van der Waals surface area contributed by atoms with Crippen molar-refractivity contribution in [2.45, 2.75) is 12.3 Å². The van der Waals surface area contributed by atoms with Crippen molar-refractivity contribution in [1.29, 1.82) is 0 Å². The van der Waals surface area contributed by atoms with Gasteiger partial charge >= 0.3 is 12.1 Å². The van der Waals surface area contributed by atoms with Crippen molar-refractivity contribution in [3.8, 4) is 0 Å². The lowest BCUT2D eigenvalue weighted by Crippen LogP contribution is -2.39. The molecule has 0 aliphatic heterocycles. The maximum absolute atomic E-state index is 12.7. The van der Waals surface area contributed by atoms with Gasteiger partial charge in [0, 0.05) is 18.6 Å². The van der Waals surface area contributed by atoms with E-state index in [1.807, 2.05) is 0 Å². The minimum absolute atomic E-state index is 0.202. The van der Waals surface area contributed by atoms with Gasteiger partial charge in [0.05, 0.1) is 11.3 Å². The molecule has 6 nitrogen and oxygen atoms in total. The topological polar surface area (TPSA) is 83.9 Å². The smallest absolute Gasteiger partial charge is 0.426 e. The molecule has 0 aliphatic rings. The number of carbonyl (C=O) groups is 1. The van der Waals surface area contributed by atoms with Gasteiger partial charge in [-0.05, 0) is 34.1 Å². The number of alkyl halides is 3. The van der Waals surface area contributed by atoms with Gasteiger partial charge in [-0.2, -0.15) is 21.6 Å². The van der Waals surface area contributed by atoms with Crippen LogP contribution in [0.3, 0.4) is 0 Å². The molecule has 1 rings (SSSR count). The highest BCUT2D eigenvalue weighted by atomic mass is 79.9. The van der Waals surface area contributed by atoms with E-state index >= 15 is 0 Å². The van der Waals surface area contributed by atoms with Crippen LogP contribution in [0, 0.1) is 0 Å². The summed E-state index contributed by atoms with van der Waals surface area (Å²) >= 11 is 3.16. The highest BCUT2D eigenvalue weighted by molar-refractivity contribution is 9.10. The molecule has 0 amide bonds. The predicted octanol–water partition coefficient (Wildman–Crippen LogP) is 2.49. The molecule has 0 spiro atoms. The van der Waals surface area contributed by atoms with E-state index in [1.165, 1.54) is 18.2 Å². The Labute approximate surface area is 139 Å². The fourth-order valence-electron chi connectivity index (χ4n) is 1.58. The van der Waals surface area contributed by atoms with Crippen molar-refractivity contribution in [2.24, 2.45) is 0 Å². The number of hydrogen-bond acceptors (Lipinski definition) is 5. The van der Waals surface area contributed by atoms with Crippen molar-refractivity contribution >= 4 is 37.7 Å². The molecule has 0 fully saturated rings. The van der Waals surface area contributed by atoms with Crippen LogP contribution in [0.1, 0.15) is 10.4 Å². The standard InChI is InChI=1S/C12H13BrF3NO5S/c1-17(2)9-4-3-7(5-8(9)13)11(18)22-10(12(14,15)16)6-23(19,20)21/h3-5,10H,6H2,1-2H3,(H,19,20,21). The summed E-state index contributed by atoms with van der Waals surface area (Å²) in [6.45, 7) is 0. The summed E-state index contributed by atoms with van der Waals surface area (Å²) in [6.07, 6.45) is -8.09. The molecule has 0 aliphatic carbocycles. The monoisotopic (exact) mass is 419 g/mol. The minimum atomic E-state index is -5.13. The number of anilines is 1. The van der Waals surface area contributed by atoms with Crippen molar-refractivity contribution < 1.29 is 35.7 Å². The van der Waals surface area contributed by atoms with Crippen LogP contribution in [-0.4, -0.2) is 51.1 Å². The molecule has 23 heavy (non-hydrogen) atoms. The van der Waals surface area contributed by atoms with Crippen molar-refractivity contribution in [3.63, 3.8) is 0 Å². The highest BCUT2D eigenvalue weighted by Gasteiger charge is 2.45. The highest BCUT2D eigenvalue weighted by Crippen LogP contribution is 2.28. The number of benzene rings is 1. The summed E-state index contributed by atoms with van der Waals surface area (Å²) in [5, 5.41) is 0. The molecule has 11 heteroatoms. The van der Waals surface area contributed by atoms with E-state index in [9.17, 15) is 26.4 Å². The van der Waals surface area contributed by atoms with Gasteiger partial charge in [0.1, 0.15) is 5.75 Å². The van der Waals surface area contributed by atoms with Crippen molar-refractivity contribution in [2.75, 3.05) is 24.7 Å². The average Bonchev–Trinajstić information content (AvgIpc) is 2.34. The number of halogens is 4. The Morgan fingerprint density at radius 2 is 1.96 bits per heavy atom. The van der Waals surface area contributed by atoms with E-state index in [0.29, 0.717) is 10.2 Å². The average molecular weight is 420 g/mol. The van der Waals surface area contributed by atoms with E-state index in [2.05, 4.69) is 20.7 Å². The summed E-state index contributed by atoms with van der Waals surface area (Å²) in [5.41, 5.74) is 0.471. The van der Waals surface area contributed by atoms with E-state index in [-0.39, 0.29) is 5.56 Å². The SMILES string of the molecule is CN(C)c1ccc(C(=O)OC(CS(=O)(=O)O)C(F)(F)F)cc1Br. The summed E-state index contributed by atoms with van der Waals surface area (Å²) in [6, 6.07) is 3.97. The molecule has 0 aromatic heterocycles. The molecule has 0 saturated carbocycles. The van der Waals surface area contributed by atoms with Crippen LogP contribution < -0.4 is 4.90 Å². The second kappa shape index (κ2) is 7.05. The third kappa shape index (κ3) is 5.99. The lowest BCUT2D eigenvalue weighted by Gasteiger charge is -2.20. The van der Waals surface area contributed by atoms with E-state index < -0.39 is 34.1 Å². The van der Waals surface area contributed by atoms with Crippen molar-refractivity contribution in [3.05, 3.63) is 28.2 Å². The molecular formula is C12H13BrF3NO5S. The molecule has 1 N–H and O–H groups in total. The van der Waals surface area contributed by atoms with Crippen LogP contribution in [0.2, 0.25) is 0 Å². The Hall–Kier alpha value is -1.33. The molecule has 1 aromatic carbocycles. The molecule has 1 atom stereocenters. The number of carbonyl (C=O) groups excluding carboxylic acids is 1. The Morgan fingerprint density at radius 3 is 2.35 bits per heavy atom. The maximum atomic E-state index is 12.7. The Balaban J connectivity index is 3.02. The molecule has 0 radical (unpaired) electrons. The largest absolute Gasteiger partial charge is 0.448 e. The number of ether oxygens (including phenoxy) is 1. The Morgan fingerprint density at radius 1 is 1.39 bits per heavy atom. The van der Waals surface area contributed by atoms with Gasteiger partial charge in [0.15, 0.2) is 0 Å². The van der Waals surface area contributed by atoms with Crippen LogP contribution in [-0.2, 0) is 14.9 Å². The first-order chi connectivity index (χ1) is 10.3. The van der Waals surface area contributed by atoms with E-state index in [4.69, 9.17) is 4.55 Å². The lowest BCUT2D eigenvalue weighted by atomic mass is 10.2. The zero-order valence-corrected chi connectivity index (χ0v) is 14.4. The second-order valence-electron chi connectivity index (χ2n) is 4.74. The normalized spacial score (nSPS) is 13.5.